The summed E-state index contributed by atoms with van der Waals surface area (Å²) in [5, 5.41) is 23.4. The van der Waals surface area contributed by atoms with E-state index in [1.54, 1.807) is 0 Å². The van der Waals surface area contributed by atoms with Gasteiger partial charge in [-0.2, -0.15) is 0 Å². The van der Waals surface area contributed by atoms with Crippen molar-refractivity contribution in [2.45, 2.75) is 488 Å². The SMILES string of the molecule is CCCCCCCC/C=C\CCCCCCCCCC(=O)OCCCCCCCCCCCCCCCCCCCCCCCCCCCCCCCCCCCCCCCC(=O)NC(CO)C(O)CCCCCCCCCCCCCCCCCCC. The second kappa shape index (κ2) is 78.0. The van der Waals surface area contributed by atoms with E-state index in [-0.39, 0.29) is 18.5 Å². The van der Waals surface area contributed by atoms with Gasteiger partial charge in [0.1, 0.15) is 0 Å². The van der Waals surface area contributed by atoms with Crippen LogP contribution in [0.15, 0.2) is 12.2 Å². The van der Waals surface area contributed by atoms with Crippen molar-refractivity contribution in [2.75, 3.05) is 13.2 Å². The number of unbranched alkanes of at least 4 members (excludes halogenated alkanes) is 65. The molecule has 2 unspecified atom stereocenters. The number of allylic oxidation sites excluding steroid dienone is 2. The summed E-state index contributed by atoms with van der Waals surface area (Å²) in [6, 6.07) is -0.537. The Morgan fingerprint density at radius 3 is 0.807 bits per heavy atom. The molecule has 88 heavy (non-hydrogen) atoms. The molecule has 0 bridgehead atoms. The molecule has 0 saturated heterocycles. The predicted molar refractivity (Wildman–Crippen MR) is 389 cm³/mol. The van der Waals surface area contributed by atoms with Crippen molar-refractivity contribution in [2.24, 2.45) is 0 Å². The van der Waals surface area contributed by atoms with Crippen LogP contribution in [0.1, 0.15) is 476 Å². The lowest BCUT2D eigenvalue weighted by atomic mass is 10.0. The number of amides is 1. The zero-order valence-corrected chi connectivity index (χ0v) is 60.3. The third kappa shape index (κ3) is 73.6. The molecule has 0 aliphatic heterocycles. The van der Waals surface area contributed by atoms with Crippen LogP contribution in [0.3, 0.4) is 0 Å². The highest BCUT2D eigenvalue weighted by atomic mass is 16.5. The minimum absolute atomic E-state index is 0.0213. The van der Waals surface area contributed by atoms with Gasteiger partial charge in [-0.1, -0.05) is 424 Å². The Labute approximate surface area is 552 Å². The molecule has 0 saturated carbocycles. The second-order valence-electron chi connectivity index (χ2n) is 28.5. The van der Waals surface area contributed by atoms with Gasteiger partial charge in [-0.15, -0.1) is 0 Å². The standard InChI is InChI=1S/C82H161NO5/c1-3-5-7-9-11-13-15-17-19-42-46-50-54-58-62-66-70-74-80(85)79(78-84)83-81(86)75-71-67-63-59-55-51-47-44-40-38-36-34-32-30-28-26-24-22-21-23-25-27-29-31-33-35-37-39-41-45-49-53-57-61-65-69-73-77-88-82(87)76-72-68-64-60-56-52-48-43-20-18-16-14-12-10-8-6-4-2/h18,20,79-80,84-85H,3-17,19,21-78H2,1-2H3,(H,83,86)/b20-18-. The third-order valence-corrected chi connectivity index (χ3v) is 19.6. The molecule has 0 aromatic heterocycles. The lowest BCUT2D eigenvalue weighted by Gasteiger charge is -2.22. The van der Waals surface area contributed by atoms with Gasteiger partial charge in [0.25, 0.3) is 0 Å². The summed E-state index contributed by atoms with van der Waals surface area (Å²) >= 11 is 0. The van der Waals surface area contributed by atoms with Crippen molar-refractivity contribution in [3.8, 4) is 0 Å². The normalized spacial score (nSPS) is 12.5. The van der Waals surface area contributed by atoms with E-state index in [0.29, 0.717) is 25.9 Å². The van der Waals surface area contributed by atoms with Crippen molar-refractivity contribution >= 4 is 11.9 Å². The fourth-order valence-electron chi connectivity index (χ4n) is 13.3. The fourth-order valence-corrected chi connectivity index (χ4v) is 13.3. The summed E-state index contributed by atoms with van der Waals surface area (Å²) in [7, 11) is 0. The van der Waals surface area contributed by atoms with Crippen LogP contribution in [-0.2, 0) is 14.3 Å². The first-order chi connectivity index (χ1) is 43.5. The summed E-state index contributed by atoms with van der Waals surface area (Å²) in [6.07, 6.45) is 99.0. The maximum atomic E-state index is 12.5. The van der Waals surface area contributed by atoms with E-state index in [2.05, 4.69) is 31.3 Å². The van der Waals surface area contributed by atoms with Crippen molar-refractivity contribution < 1.29 is 24.5 Å². The number of aliphatic hydroxyl groups excluding tert-OH is 2. The van der Waals surface area contributed by atoms with E-state index in [9.17, 15) is 19.8 Å². The zero-order valence-electron chi connectivity index (χ0n) is 60.3. The van der Waals surface area contributed by atoms with Crippen LogP contribution in [0.25, 0.3) is 0 Å². The molecule has 2 atom stereocenters. The number of esters is 1. The first-order valence-electron chi connectivity index (χ1n) is 40.9. The largest absolute Gasteiger partial charge is 0.466 e. The Bertz CT molecular complexity index is 1340. The molecule has 0 heterocycles. The van der Waals surface area contributed by atoms with Crippen molar-refractivity contribution in [3.63, 3.8) is 0 Å². The van der Waals surface area contributed by atoms with Gasteiger partial charge in [-0.25, -0.2) is 0 Å². The van der Waals surface area contributed by atoms with E-state index in [1.807, 2.05) is 0 Å². The highest BCUT2D eigenvalue weighted by Gasteiger charge is 2.20. The van der Waals surface area contributed by atoms with Crippen molar-refractivity contribution in [3.05, 3.63) is 12.2 Å². The van der Waals surface area contributed by atoms with E-state index < -0.39 is 12.1 Å². The summed E-state index contributed by atoms with van der Waals surface area (Å²) < 4.78 is 5.51. The minimum Gasteiger partial charge on any atom is -0.466 e. The molecule has 6 heteroatoms. The third-order valence-electron chi connectivity index (χ3n) is 19.6. The second-order valence-corrected chi connectivity index (χ2v) is 28.5. The first-order valence-corrected chi connectivity index (χ1v) is 40.9. The molecule has 0 aliphatic rings. The quantitative estimate of drug-likeness (QED) is 0.0320. The summed E-state index contributed by atoms with van der Waals surface area (Å²) in [4.78, 5) is 24.7. The zero-order chi connectivity index (χ0) is 63.5. The fraction of sp³-hybridized carbons (Fsp3) is 0.951. The average Bonchev–Trinajstić information content (AvgIpc) is 3.58. The van der Waals surface area contributed by atoms with Crippen molar-refractivity contribution in [1.29, 1.82) is 0 Å². The molecule has 0 aliphatic carbocycles. The Morgan fingerprint density at radius 1 is 0.307 bits per heavy atom. The lowest BCUT2D eigenvalue weighted by molar-refractivity contribution is -0.143. The van der Waals surface area contributed by atoms with E-state index in [0.717, 1.165) is 38.5 Å². The maximum absolute atomic E-state index is 12.5. The number of rotatable bonds is 78. The summed E-state index contributed by atoms with van der Waals surface area (Å²) in [5.41, 5.74) is 0. The molecule has 0 radical (unpaired) electrons. The monoisotopic (exact) mass is 1240 g/mol. The number of hydrogen-bond acceptors (Lipinski definition) is 5. The molecule has 0 fully saturated rings. The highest BCUT2D eigenvalue weighted by Crippen LogP contribution is 2.21. The maximum Gasteiger partial charge on any atom is 0.305 e. The number of aliphatic hydroxyl groups is 2. The Balaban J connectivity index is 3.29. The van der Waals surface area contributed by atoms with Gasteiger partial charge in [0.15, 0.2) is 0 Å². The molecule has 524 valence electrons. The number of ether oxygens (including phenoxy) is 1. The van der Waals surface area contributed by atoms with Gasteiger partial charge in [0, 0.05) is 12.8 Å². The summed E-state index contributed by atoms with van der Waals surface area (Å²) in [5.74, 6) is -0.00316. The first kappa shape index (κ1) is 86.6. The summed E-state index contributed by atoms with van der Waals surface area (Å²) in [6.45, 7) is 5.00. The Hall–Kier alpha value is -1.40. The Morgan fingerprint density at radius 2 is 0.534 bits per heavy atom. The number of hydrogen-bond donors (Lipinski definition) is 3. The molecule has 0 rings (SSSR count). The van der Waals surface area contributed by atoms with Crippen LogP contribution < -0.4 is 5.32 Å². The molecule has 0 aromatic rings. The average molecular weight is 1240 g/mol. The minimum atomic E-state index is -0.660. The van der Waals surface area contributed by atoms with E-state index in [1.165, 1.54) is 405 Å². The van der Waals surface area contributed by atoms with Gasteiger partial charge < -0.3 is 20.3 Å². The van der Waals surface area contributed by atoms with Crippen LogP contribution in [0.2, 0.25) is 0 Å². The molecule has 3 N–H and O–H groups in total. The molecule has 0 aromatic carbocycles. The highest BCUT2D eigenvalue weighted by molar-refractivity contribution is 5.76. The Kier molecular flexibility index (Phi) is 76.8. The van der Waals surface area contributed by atoms with Gasteiger partial charge in [-0.3, -0.25) is 9.59 Å². The van der Waals surface area contributed by atoms with Crippen LogP contribution in [0.4, 0.5) is 0 Å². The molecular formula is C82H161NO5. The number of carbonyl (C=O) groups excluding carboxylic acids is 2. The van der Waals surface area contributed by atoms with Crippen LogP contribution in [-0.4, -0.2) is 47.4 Å². The van der Waals surface area contributed by atoms with Gasteiger partial charge >= 0.3 is 5.97 Å². The van der Waals surface area contributed by atoms with E-state index >= 15 is 0 Å². The molecule has 0 spiro atoms. The van der Waals surface area contributed by atoms with Crippen LogP contribution in [0, 0.1) is 0 Å². The van der Waals surface area contributed by atoms with Crippen LogP contribution in [0.5, 0.6) is 0 Å². The van der Waals surface area contributed by atoms with Crippen molar-refractivity contribution in [1.82, 2.24) is 5.32 Å². The topological polar surface area (TPSA) is 95.9 Å². The van der Waals surface area contributed by atoms with Gasteiger partial charge in [0.05, 0.1) is 25.4 Å². The van der Waals surface area contributed by atoms with Gasteiger partial charge in [-0.05, 0) is 51.4 Å². The smallest absolute Gasteiger partial charge is 0.305 e. The van der Waals surface area contributed by atoms with Crippen LogP contribution >= 0.6 is 0 Å². The van der Waals surface area contributed by atoms with E-state index in [4.69, 9.17) is 4.74 Å². The number of nitrogens with one attached hydrogen (secondary N) is 1. The van der Waals surface area contributed by atoms with Gasteiger partial charge in [0.2, 0.25) is 5.91 Å². The number of carbonyl (C=O) groups is 2. The molecule has 6 nitrogen and oxygen atoms in total. The molecular weight excluding hydrogens is 1080 g/mol. The molecule has 1 amide bonds. The predicted octanol–water partition coefficient (Wildman–Crippen LogP) is 27.1. The lowest BCUT2D eigenvalue weighted by Crippen LogP contribution is -2.45.